The Kier molecular flexibility index (Phi) is 5.99. The van der Waals surface area contributed by atoms with Gasteiger partial charge in [0, 0.05) is 53.8 Å². The molecule has 0 spiro atoms. The predicted octanol–water partition coefficient (Wildman–Crippen LogP) is 2.02. The minimum atomic E-state index is -0.661. The van der Waals surface area contributed by atoms with E-state index in [1.165, 1.54) is 0 Å². The second kappa shape index (κ2) is 9.85. The molecule has 1 aliphatic carbocycles. The third-order valence-electron chi connectivity index (χ3n) is 8.17. The van der Waals surface area contributed by atoms with Crippen molar-refractivity contribution in [1.29, 1.82) is 0 Å². The monoisotopic (exact) mass is 544 g/mol. The minimum Gasteiger partial charge on any atom is -0.411 e. The molecule has 0 bridgehead atoms. The molecule has 11 heteroatoms. The van der Waals surface area contributed by atoms with Gasteiger partial charge in [0.2, 0.25) is 11.8 Å². The van der Waals surface area contributed by atoms with Gasteiger partial charge in [-0.25, -0.2) is 0 Å². The summed E-state index contributed by atoms with van der Waals surface area (Å²) < 4.78 is 1.84. The first-order valence-corrected chi connectivity index (χ1v) is 13.6. The number of imide groups is 1. The van der Waals surface area contributed by atoms with Gasteiger partial charge in [-0.1, -0.05) is 41.6 Å². The lowest BCUT2D eigenvalue weighted by Crippen LogP contribution is -2.52. The maximum Gasteiger partial charge on any atom is 0.299 e. The molecule has 202 valence electrons. The Labute approximate surface area is 236 Å². The normalized spacial score (nSPS) is 18.9. The van der Waals surface area contributed by atoms with E-state index in [4.69, 9.17) is 5.10 Å². The Bertz CT molecular complexity index is 1770. The first-order valence-electron chi connectivity index (χ1n) is 13.6. The highest BCUT2D eigenvalue weighted by Crippen LogP contribution is 2.34. The highest BCUT2D eigenvalue weighted by atomic mass is 16.4. The van der Waals surface area contributed by atoms with Crippen LogP contribution in [0.5, 0.6) is 0 Å². The molecule has 1 atom stereocenters. The Hall–Kier alpha value is -5.06. The first kappa shape index (κ1) is 24.9. The molecule has 1 unspecified atom stereocenters. The second-order valence-corrected chi connectivity index (χ2v) is 10.6. The fourth-order valence-corrected chi connectivity index (χ4v) is 6.17. The van der Waals surface area contributed by atoms with Crippen molar-refractivity contribution >= 4 is 36.3 Å². The van der Waals surface area contributed by atoms with Crippen LogP contribution >= 0.6 is 0 Å². The largest absolute Gasteiger partial charge is 0.411 e. The maximum atomic E-state index is 13.6. The first-order chi connectivity index (χ1) is 20.0. The number of aryl methyl sites for hydroxylation is 1. The topological polar surface area (TPSA) is 130 Å². The molecule has 3 amide bonds. The molecule has 2 aliphatic heterocycles. The third-order valence-corrected chi connectivity index (χ3v) is 8.17. The lowest BCUT2D eigenvalue weighted by molar-refractivity contribution is -0.136. The van der Waals surface area contributed by atoms with Crippen molar-refractivity contribution in [3.05, 3.63) is 89.4 Å². The van der Waals surface area contributed by atoms with Crippen LogP contribution in [0.15, 0.2) is 72.3 Å². The molecule has 10 nitrogen and oxygen atoms in total. The number of hydrogen-bond donors (Lipinski definition) is 2. The summed E-state index contributed by atoms with van der Waals surface area (Å²) in [5, 5.41) is 20.1. The quantitative estimate of drug-likeness (QED) is 0.171. The van der Waals surface area contributed by atoms with E-state index in [9.17, 15) is 19.6 Å². The van der Waals surface area contributed by atoms with Gasteiger partial charge in [0.15, 0.2) is 0 Å². The van der Waals surface area contributed by atoms with Crippen LogP contribution in [0, 0.1) is 0 Å². The molecule has 2 aromatic carbocycles. The van der Waals surface area contributed by atoms with Crippen LogP contribution in [0.4, 0.5) is 0 Å². The zero-order chi connectivity index (χ0) is 28.1. The molecule has 2 N–H and O–H groups in total. The Morgan fingerprint density at radius 2 is 1.80 bits per heavy atom. The van der Waals surface area contributed by atoms with Crippen molar-refractivity contribution < 1.29 is 19.6 Å². The van der Waals surface area contributed by atoms with Crippen LogP contribution in [0.3, 0.4) is 0 Å². The Morgan fingerprint density at radius 3 is 2.61 bits per heavy atom. The average molecular weight is 544 g/mol. The van der Waals surface area contributed by atoms with Crippen LogP contribution in [0.25, 0.3) is 22.4 Å². The number of piperidine rings is 1. The molecule has 1 saturated heterocycles. The molecule has 3 aliphatic rings. The second-order valence-electron chi connectivity index (χ2n) is 10.6. The number of fused-ring (bicyclic) bond motifs is 2. The van der Waals surface area contributed by atoms with Gasteiger partial charge in [0.1, 0.15) is 6.04 Å². The van der Waals surface area contributed by atoms with E-state index in [1.807, 2.05) is 53.3 Å². The molecule has 1 fully saturated rings. The van der Waals surface area contributed by atoms with Gasteiger partial charge in [-0.15, -0.1) is 0 Å². The number of nitrogens with zero attached hydrogens (tertiary/aromatic N) is 5. The van der Waals surface area contributed by atoms with Crippen molar-refractivity contribution in [2.24, 2.45) is 5.16 Å². The number of aromatic nitrogens is 3. The highest BCUT2D eigenvalue weighted by molar-refractivity contribution is 6.54. The molecule has 7 rings (SSSR count). The number of benzene rings is 2. The van der Waals surface area contributed by atoms with Crippen molar-refractivity contribution in [1.82, 2.24) is 24.9 Å². The van der Waals surface area contributed by atoms with Gasteiger partial charge in [0.05, 0.1) is 11.4 Å². The summed E-state index contributed by atoms with van der Waals surface area (Å²) >= 11 is 0. The van der Waals surface area contributed by atoms with Crippen LogP contribution in [-0.4, -0.2) is 61.7 Å². The van der Waals surface area contributed by atoms with Crippen LogP contribution in [0.1, 0.15) is 46.3 Å². The number of amides is 3. The zero-order valence-corrected chi connectivity index (χ0v) is 22.1. The standard InChI is InChI=1S/C30H25BN6O4/c38-26-9-8-25(29(39)33-26)36-15-20-2-1-3-23(27(20)30(36)40)31-37-16-22(28(34-37)17-10-12-32-13-11-17)19-4-6-21-18(14-19)5-7-24(21)35-41/h1-4,6,10-14,16,25,31,41H,5,7-9,15H2,(H,33,38,39)/b35-24+. The fraction of sp³-hybridized carbons (Fsp3) is 0.200. The number of nitrogens with one attached hydrogen (secondary N) is 1. The van der Waals surface area contributed by atoms with E-state index in [1.54, 1.807) is 17.3 Å². The molecule has 2 aromatic heterocycles. The number of oxime groups is 1. The van der Waals surface area contributed by atoms with Crippen LogP contribution < -0.4 is 10.8 Å². The van der Waals surface area contributed by atoms with Gasteiger partial charge in [-0.05, 0) is 53.5 Å². The smallest absolute Gasteiger partial charge is 0.299 e. The van der Waals surface area contributed by atoms with Crippen LogP contribution in [0.2, 0.25) is 0 Å². The van der Waals surface area contributed by atoms with Gasteiger partial charge in [-0.3, -0.25) is 24.7 Å². The van der Waals surface area contributed by atoms with Crippen molar-refractivity contribution in [3.8, 4) is 22.4 Å². The minimum absolute atomic E-state index is 0.202. The van der Waals surface area contributed by atoms with E-state index < -0.39 is 11.9 Å². The van der Waals surface area contributed by atoms with Gasteiger partial charge < -0.3 is 14.7 Å². The van der Waals surface area contributed by atoms with Crippen molar-refractivity contribution in [2.45, 2.75) is 38.3 Å². The summed E-state index contributed by atoms with van der Waals surface area (Å²) in [7, 11) is 0.364. The summed E-state index contributed by atoms with van der Waals surface area (Å²) in [5.74, 6) is -0.929. The van der Waals surface area contributed by atoms with Crippen LogP contribution in [-0.2, 0) is 22.6 Å². The van der Waals surface area contributed by atoms with E-state index >= 15 is 0 Å². The predicted molar refractivity (Wildman–Crippen MR) is 152 cm³/mol. The molecule has 0 radical (unpaired) electrons. The van der Waals surface area contributed by atoms with Gasteiger partial charge in [0.25, 0.3) is 13.3 Å². The summed E-state index contributed by atoms with van der Waals surface area (Å²) in [6.45, 7) is 0.329. The summed E-state index contributed by atoms with van der Waals surface area (Å²) in [5.41, 5.74) is 8.72. The summed E-state index contributed by atoms with van der Waals surface area (Å²) in [4.78, 5) is 43.5. The number of hydrogen-bond acceptors (Lipinski definition) is 7. The molecular weight excluding hydrogens is 519 g/mol. The lowest BCUT2D eigenvalue weighted by Gasteiger charge is -2.29. The van der Waals surface area contributed by atoms with E-state index in [-0.39, 0.29) is 18.2 Å². The molecule has 0 saturated carbocycles. The summed E-state index contributed by atoms with van der Waals surface area (Å²) in [6.07, 6.45) is 7.51. The Morgan fingerprint density at radius 1 is 0.951 bits per heavy atom. The number of carbonyl (C=O) groups excluding carboxylic acids is 3. The molecular formula is C30H25BN6O4. The van der Waals surface area contributed by atoms with E-state index in [0.717, 1.165) is 51.0 Å². The van der Waals surface area contributed by atoms with E-state index in [2.05, 4.69) is 21.5 Å². The van der Waals surface area contributed by atoms with Gasteiger partial charge in [-0.2, -0.15) is 5.10 Å². The van der Waals surface area contributed by atoms with Gasteiger partial charge >= 0.3 is 0 Å². The fourth-order valence-electron chi connectivity index (χ4n) is 6.17. The molecule has 4 heterocycles. The third kappa shape index (κ3) is 4.30. The lowest BCUT2D eigenvalue weighted by atomic mass is 9.78. The highest BCUT2D eigenvalue weighted by Gasteiger charge is 2.40. The molecule has 4 aromatic rings. The zero-order valence-electron chi connectivity index (χ0n) is 22.1. The average Bonchev–Trinajstić information content (AvgIpc) is 3.69. The Balaban J connectivity index is 1.24. The van der Waals surface area contributed by atoms with E-state index in [0.29, 0.717) is 38.1 Å². The van der Waals surface area contributed by atoms with Crippen molar-refractivity contribution in [3.63, 3.8) is 0 Å². The van der Waals surface area contributed by atoms with Crippen molar-refractivity contribution in [2.75, 3.05) is 0 Å². The number of carbonyl (C=O) groups is 3. The maximum absolute atomic E-state index is 13.6. The molecule has 41 heavy (non-hydrogen) atoms. The number of pyridine rings is 1. The number of rotatable bonds is 5. The summed E-state index contributed by atoms with van der Waals surface area (Å²) in [6, 6.07) is 15.1. The SMILES string of the molecule is O=C1CCC(N2Cc3cccc(Bn4cc(-c5ccc6c(c5)CC/C6=N\O)c(-c5ccncc5)n4)c3C2=O)C(=O)N1.